The summed E-state index contributed by atoms with van der Waals surface area (Å²) in [5.74, 6) is 1.11. The summed E-state index contributed by atoms with van der Waals surface area (Å²) in [6.45, 7) is 6.70. The van der Waals surface area contributed by atoms with E-state index in [-0.39, 0.29) is 5.91 Å². The second kappa shape index (κ2) is 8.35. The summed E-state index contributed by atoms with van der Waals surface area (Å²) in [7, 11) is 0. The molecule has 3 rings (SSSR count). The number of pyridine rings is 1. The number of anilines is 1. The SMILES string of the molecule is CC(C)(Cc1ccccc1)C(=O)NCc1ccnc(N2CCCCC2)c1. The molecule has 1 aromatic heterocycles. The fourth-order valence-corrected chi connectivity index (χ4v) is 3.47. The third-order valence-corrected chi connectivity index (χ3v) is 5.05. The zero-order valence-electron chi connectivity index (χ0n) is 15.9. The van der Waals surface area contributed by atoms with Gasteiger partial charge >= 0.3 is 0 Å². The van der Waals surface area contributed by atoms with Crippen LogP contribution in [0.3, 0.4) is 0 Å². The van der Waals surface area contributed by atoms with E-state index in [0.717, 1.165) is 30.9 Å². The van der Waals surface area contributed by atoms with Crippen LogP contribution in [0.15, 0.2) is 48.7 Å². The van der Waals surface area contributed by atoms with Gasteiger partial charge in [0.25, 0.3) is 0 Å². The molecule has 1 aliphatic rings. The number of piperidine rings is 1. The van der Waals surface area contributed by atoms with Crippen LogP contribution in [0.5, 0.6) is 0 Å². The number of hydrogen-bond acceptors (Lipinski definition) is 3. The molecule has 0 unspecified atom stereocenters. The average Bonchev–Trinajstić information content (AvgIpc) is 2.67. The summed E-state index contributed by atoms with van der Waals surface area (Å²) < 4.78 is 0. The Morgan fingerprint density at radius 2 is 1.81 bits per heavy atom. The van der Waals surface area contributed by atoms with Gasteiger partial charge in [0.05, 0.1) is 0 Å². The molecule has 0 bridgehead atoms. The lowest BCUT2D eigenvalue weighted by atomic mass is 9.85. The zero-order chi connectivity index (χ0) is 18.4. The summed E-state index contributed by atoms with van der Waals surface area (Å²) in [5.41, 5.74) is 1.85. The number of rotatable bonds is 6. The van der Waals surface area contributed by atoms with Crippen LogP contribution in [-0.4, -0.2) is 24.0 Å². The van der Waals surface area contributed by atoms with Crippen LogP contribution >= 0.6 is 0 Å². The number of carbonyl (C=O) groups is 1. The standard InChI is InChI=1S/C22H29N3O/c1-22(2,16-18-9-5-3-6-10-18)21(26)24-17-19-11-12-23-20(15-19)25-13-7-4-8-14-25/h3,5-6,9-12,15H,4,7-8,13-14,16-17H2,1-2H3,(H,24,26). The van der Waals surface area contributed by atoms with E-state index in [4.69, 9.17) is 0 Å². The molecule has 2 heterocycles. The predicted octanol–water partition coefficient (Wildman–Crippen LogP) is 3.96. The lowest BCUT2D eigenvalue weighted by Gasteiger charge is -2.28. The van der Waals surface area contributed by atoms with E-state index in [2.05, 4.69) is 33.4 Å². The Morgan fingerprint density at radius 3 is 2.54 bits per heavy atom. The van der Waals surface area contributed by atoms with E-state index >= 15 is 0 Å². The number of carbonyl (C=O) groups excluding carboxylic acids is 1. The van der Waals surface area contributed by atoms with Gasteiger partial charge in [-0.15, -0.1) is 0 Å². The summed E-state index contributed by atoms with van der Waals surface area (Å²) in [6.07, 6.45) is 6.35. The smallest absolute Gasteiger partial charge is 0.226 e. The van der Waals surface area contributed by atoms with Crippen LogP contribution in [0, 0.1) is 5.41 Å². The van der Waals surface area contributed by atoms with Crippen molar-refractivity contribution < 1.29 is 4.79 Å². The quantitative estimate of drug-likeness (QED) is 0.857. The van der Waals surface area contributed by atoms with E-state index in [1.165, 1.54) is 24.8 Å². The molecule has 0 saturated carbocycles. The van der Waals surface area contributed by atoms with Gasteiger partial charge < -0.3 is 10.2 Å². The van der Waals surface area contributed by atoms with Gasteiger partial charge in [-0.2, -0.15) is 0 Å². The second-order valence-corrected chi connectivity index (χ2v) is 7.80. The lowest BCUT2D eigenvalue weighted by Crippen LogP contribution is -2.38. The summed E-state index contributed by atoms with van der Waals surface area (Å²) in [5, 5.41) is 3.10. The van der Waals surface area contributed by atoms with E-state index < -0.39 is 5.41 Å². The number of aromatic nitrogens is 1. The van der Waals surface area contributed by atoms with Crippen molar-refractivity contribution in [3.8, 4) is 0 Å². The number of nitrogens with one attached hydrogen (secondary N) is 1. The number of nitrogens with zero attached hydrogens (tertiary/aromatic N) is 2. The maximum Gasteiger partial charge on any atom is 0.226 e. The van der Waals surface area contributed by atoms with E-state index in [1.807, 2.05) is 44.3 Å². The highest BCUT2D eigenvalue weighted by Crippen LogP contribution is 2.23. The summed E-state index contributed by atoms with van der Waals surface area (Å²) >= 11 is 0. The third-order valence-electron chi connectivity index (χ3n) is 5.05. The van der Waals surface area contributed by atoms with Crippen molar-refractivity contribution in [1.82, 2.24) is 10.3 Å². The largest absolute Gasteiger partial charge is 0.357 e. The minimum Gasteiger partial charge on any atom is -0.357 e. The Morgan fingerprint density at radius 1 is 1.08 bits per heavy atom. The second-order valence-electron chi connectivity index (χ2n) is 7.80. The molecule has 0 spiro atoms. The van der Waals surface area contributed by atoms with Crippen LogP contribution in [-0.2, 0) is 17.8 Å². The monoisotopic (exact) mass is 351 g/mol. The third kappa shape index (κ3) is 4.84. The van der Waals surface area contributed by atoms with E-state index in [1.54, 1.807) is 0 Å². The Bertz CT molecular complexity index is 721. The maximum atomic E-state index is 12.7. The molecule has 1 N–H and O–H groups in total. The van der Waals surface area contributed by atoms with Gasteiger partial charge in [-0.3, -0.25) is 4.79 Å². The Kier molecular flexibility index (Phi) is 5.92. The highest BCUT2D eigenvalue weighted by Gasteiger charge is 2.27. The first-order valence-electron chi connectivity index (χ1n) is 9.57. The fraction of sp³-hybridized carbons (Fsp3) is 0.455. The zero-order valence-corrected chi connectivity index (χ0v) is 15.9. The fourth-order valence-electron chi connectivity index (χ4n) is 3.47. The molecule has 1 aliphatic heterocycles. The molecule has 4 heteroatoms. The highest BCUT2D eigenvalue weighted by molar-refractivity contribution is 5.82. The number of benzene rings is 1. The van der Waals surface area contributed by atoms with Gasteiger partial charge in [0.1, 0.15) is 5.82 Å². The maximum absolute atomic E-state index is 12.7. The summed E-state index contributed by atoms with van der Waals surface area (Å²) in [6, 6.07) is 14.3. The molecule has 4 nitrogen and oxygen atoms in total. The van der Waals surface area contributed by atoms with Gasteiger partial charge in [0.15, 0.2) is 0 Å². The van der Waals surface area contributed by atoms with Crippen LogP contribution in [0.2, 0.25) is 0 Å². The topological polar surface area (TPSA) is 45.2 Å². The first-order valence-corrected chi connectivity index (χ1v) is 9.57. The molecule has 0 aliphatic carbocycles. The predicted molar refractivity (Wildman–Crippen MR) is 106 cm³/mol. The molecule has 26 heavy (non-hydrogen) atoms. The van der Waals surface area contributed by atoms with Crippen LogP contribution in [0.25, 0.3) is 0 Å². The van der Waals surface area contributed by atoms with Gasteiger partial charge in [-0.05, 0) is 48.9 Å². The Hall–Kier alpha value is -2.36. The van der Waals surface area contributed by atoms with Crippen molar-refractivity contribution in [3.63, 3.8) is 0 Å². The van der Waals surface area contributed by atoms with Gasteiger partial charge in [0, 0.05) is 31.2 Å². The number of hydrogen-bond donors (Lipinski definition) is 1. The van der Waals surface area contributed by atoms with Gasteiger partial charge in [-0.1, -0.05) is 44.2 Å². The molecule has 138 valence electrons. The highest BCUT2D eigenvalue weighted by atomic mass is 16.2. The molecule has 1 fully saturated rings. The molecule has 0 atom stereocenters. The molecular weight excluding hydrogens is 322 g/mol. The van der Waals surface area contributed by atoms with E-state index in [9.17, 15) is 4.79 Å². The van der Waals surface area contributed by atoms with Crippen molar-refractivity contribution >= 4 is 11.7 Å². The van der Waals surface area contributed by atoms with Gasteiger partial charge in [0.2, 0.25) is 5.91 Å². The molecule has 0 radical (unpaired) electrons. The molecule has 1 saturated heterocycles. The minimum absolute atomic E-state index is 0.0812. The molecule has 2 aromatic rings. The van der Waals surface area contributed by atoms with Crippen molar-refractivity contribution in [1.29, 1.82) is 0 Å². The molecule has 1 amide bonds. The molecule has 1 aromatic carbocycles. The Labute approximate surface area is 156 Å². The van der Waals surface area contributed by atoms with Gasteiger partial charge in [-0.25, -0.2) is 4.98 Å². The van der Waals surface area contributed by atoms with E-state index in [0.29, 0.717) is 6.54 Å². The van der Waals surface area contributed by atoms with Crippen molar-refractivity contribution in [2.75, 3.05) is 18.0 Å². The first kappa shape index (κ1) is 18.4. The minimum atomic E-state index is -0.440. The van der Waals surface area contributed by atoms with Crippen LogP contribution in [0.1, 0.15) is 44.2 Å². The number of amides is 1. The summed E-state index contributed by atoms with van der Waals surface area (Å²) in [4.78, 5) is 19.5. The lowest BCUT2D eigenvalue weighted by molar-refractivity contribution is -0.129. The van der Waals surface area contributed by atoms with Crippen molar-refractivity contribution in [2.24, 2.45) is 5.41 Å². The van der Waals surface area contributed by atoms with Crippen LogP contribution in [0.4, 0.5) is 5.82 Å². The first-order chi connectivity index (χ1) is 12.5. The Balaban J connectivity index is 1.58. The average molecular weight is 351 g/mol. The van der Waals surface area contributed by atoms with Crippen molar-refractivity contribution in [2.45, 2.75) is 46.1 Å². The normalized spacial score (nSPS) is 14.9. The molecular formula is C22H29N3O. The van der Waals surface area contributed by atoms with Crippen LogP contribution < -0.4 is 10.2 Å². The van der Waals surface area contributed by atoms with Crippen molar-refractivity contribution in [3.05, 3.63) is 59.8 Å².